The third-order valence-electron chi connectivity index (χ3n) is 6.29. The fraction of sp³-hybridized carbons (Fsp3) is 0.357. The van der Waals surface area contributed by atoms with Crippen LogP contribution in [-0.4, -0.2) is 49.7 Å². The second-order valence-corrected chi connectivity index (χ2v) is 11.8. The Labute approximate surface area is 221 Å². The van der Waals surface area contributed by atoms with Crippen LogP contribution in [0.5, 0.6) is 17.4 Å². The Morgan fingerprint density at radius 3 is 2.58 bits per heavy atom. The van der Waals surface area contributed by atoms with Crippen molar-refractivity contribution in [1.29, 1.82) is 0 Å². The van der Waals surface area contributed by atoms with Gasteiger partial charge in [0.05, 0.1) is 25.4 Å². The SMILES string of the molecule is Cc1cc(OCCCS(C)(=O)=O)cc(C)c1-c1cc(COc2cc3c(cn2)C(CC(=O)O)CO3)ccc1F. The summed E-state index contributed by atoms with van der Waals surface area (Å²) in [6.07, 6.45) is 3.14. The minimum Gasteiger partial charge on any atom is -0.494 e. The third kappa shape index (κ3) is 6.80. The van der Waals surface area contributed by atoms with Gasteiger partial charge in [0.1, 0.15) is 33.8 Å². The van der Waals surface area contributed by atoms with Crippen LogP contribution in [0.3, 0.4) is 0 Å². The highest BCUT2D eigenvalue weighted by atomic mass is 32.2. The van der Waals surface area contributed by atoms with Crippen LogP contribution in [0.4, 0.5) is 4.39 Å². The summed E-state index contributed by atoms with van der Waals surface area (Å²) in [5, 5.41) is 9.05. The zero-order chi connectivity index (χ0) is 27.4. The number of carboxylic acid groups (broad SMARTS) is 1. The average molecular weight is 544 g/mol. The van der Waals surface area contributed by atoms with Crippen molar-refractivity contribution in [3.63, 3.8) is 0 Å². The number of aryl methyl sites for hydroxylation is 2. The molecule has 2 aromatic carbocycles. The summed E-state index contributed by atoms with van der Waals surface area (Å²) in [6, 6.07) is 10.1. The van der Waals surface area contributed by atoms with E-state index in [0.717, 1.165) is 27.8 Å². The average Bonchev–Trinajstić information content (AvgIpc) is 3.22. The van der Waals surface area contributed by atoms with Gasteiger partial charge >= 0.3 is 5.97 Å². The number of carbonyl (C=O) groups is 1. The van der Waals surface area contributed by atoms with Gasteiger partial charge in [-0.05, 0) is 66.8 Å². The summed E-state index contributed by atoms with van der Waals surface area (Å²) in [6.45, 7) is 4.46. The number of hydrogen-bond donors (Lipinski definition) is 1. The molecule has 0 bridgehead atoms. The maximum Gasteiger partial charge on any atom is 0.304 e. The van der Waals surface area contributed by atoms with Crippen molar-refractivity contribution in [3.05, 3.63) is 70.7 Å². The first-order chi connectivity index (χ1) is 18.0. The molecule has 0 spiro atoms. The second-order valence-electron chi connectivity index (χ2n) is 9.53. The maximum absolute atomic E-state index is 14.9. The quantitative estimate of drug-likeness (QED) is 0.342. The summed E-state index contributed by atoms with van der Waals surface area (Å²) in [4.78, 5) is 15.3. The van der Waals surface area contributed by atoms with Gasteiger partial charge < -0.3 is 19.3 Å². The van der Waals surface area contributed by atoms with E-state index in [1.165, 1.54) is 12.3 Å². The van der Waals surface area contributed by atoms with Gasteiger partial charge in [0.2, 0.25) is 5.88 Å². The van der Waals surface area contributed by atoms with Crippen molar-refractivity contribution in [2.75, 3.05) is 25.2 Å². The van der Waals surface area contributed by atoms with E-state index in [9.17, 15) is 17.6 Å². The minimum absolute atomic E-state index is 0.0254. The lowest BCUT2D eigenvalue weighted by Crippen LogP contribution is -2.08. The molecule has 2 heterocycles. The molecule has 4 rings (SSSR count). The molecule has 0 saturated carbocycles. The van der Waals surface area contributed by atoms with Crippen LogP contribution in [0.2, 0.25) is 0 Å². The molecule has 1 unspecified atom stereocenters. The first-order valence-electron chi connectivity index (χ1n) is 12.2. The van der Waals surface area contributed by atoms with Gasteiger partial charge in [0, 0.05) is 35.6 Å². The van der Waals surface area contributed by atoms with E-state index in [1.807, 2.05) is 26.0 Å². The molecular weight excluding hydrogens is 513 g/mol. The first-order valence-corrected chi connectivity index (χ1v) is 14.2. The van der Waals surface area contributed by atoms with Crippen molar-refractivity contribution in [1.82, 2.24) is 4.98 Å². The number of benzene rings is 2. The lowest BCUT2D eigenvalue weighted by molar-refractivity contribution is -0.137. The summed E-state index contributed by atoms with van der Waals surface area (Å²) in [7, 11) is -3.04. The number of pyridine rings is 1. The van der Waals surface area contributed by atoms with E-state index < -0.39 is 15.8 Å². The third-order valence-corrected chi connectivity index (χ3v) is 7.32. The monoisotopic (exact) mass is 543 g/mol. The number of hydrogen-bond acceptors (Lipinski definition) is 7. The van der Waals surface area contributed by atoms with Gasteiger partial charge in [-0.15, -0.1) is 0 Å². The number of halogens is 1. The molecule has 38 heavy (non-hydrogen) atoms. The number of nitrogens with zero attached hydrogens (tertiary/aromatic N) is 1. The Balaban J connectivity index is 1.46. The van der Waals surface area contributed by atoms with Crippen molar-refractivity contribution in [2.45, 2.75) is 39.2 Å². The van der Waals surface area contributed by atoms with Gasteiger partial charge in [0.25, 0.3) is 0 Å². The molecule has 0 fully saturated rings. The number of aliphatic carboxylic acids is 1. The molecule has 202 valence electrons. The van der Waals surface area contributed by atoms with Crippen molar-refractivity contribution >= 4 is 15.8 Å². The van der Waals surface area contributed by atoms with E-state index in [0.29, 0.717) is 29.4 Å². The molecule has 1 N–H and O–H groups in total. The zero-order valence-corrected chi connectivity index (χ0v) is 22.3. The Hall–Kier alpha value is -3.66. The van der Waals surface area contributed by atoms with Crippen LogP contribution in [0.25, 0.3) is 11.1 Å². The Morgan fingerprint density at radius 1 is 1.16 bits per heavy atom. The normalized spacial score (nSPS) is 14.6. The Kier molecular flexibility index (Phi) is 8.20. The van der Waals surface area contributed by atoms with Gasteiger partial charge in [-0.1, -0.05) is 6.07 Å². The van der Waals surface area contributed by atoms with E-state index >= 15 is 0 Å². The highest BCUT2D eigenvalue weighted by Gasteiger charge is 2.27. The van der Waals surface area contributed by atoms with E-state index in [-0.39, 0.29) is 43.7 Å². The number of sulfone groups is 1. The van der Waals surface area contributed by atoms with Crippen molar-refractivity contribution in [2.24, 2.45) is 0 Å². The van der Waals surface area contributed by atoms with Gasteiger partial charge in [-0.2, -0.15) is 0 Å². The molecular formula is C28H30FNO7S. The molecule has 0 aliphatic carbocycles. The Bertz CT molecular complexity index is 1430. The number of fused-ring (bicyclic) bond motifs is 1. The molecule has 0 radical (unpaired) electrons. The fourth-order valence-electron chi connectivity index (χ4n) is 4.55. The summed E-state index contributed by atoms with van der Waals surface area (Å²) in [5.74, 6) is 0.0577. The highest BCUT2D eigenvalue weighted by Crippen LogP contribution is 2.37. The lowest BCUT2D eigenvalue weighted by Gasteiger charge is -2.16. The van der Waals surface area contributed by atoms with E-state index in [4.69, 9.17) is 19.3 Å². The molecule has 0 amide bonds. The molecule has 1 aliphatic rings. The smallest absolute Gasteiger partial charge is 0.304 e. The first kappa shape index (κ1) is 27.4. The Morgan fingerprint density at radius 2 is 1.89 bits per heavy atom. The van der Waals surface area contributed by atoms with Gasteiger partial charge in [-0.3, -0.25) is 4.79 Å². The second kappa shape index (κ2) is 11.4. The van der Waals surface area contributed by atoms with Crippen LogP contribution in [0.15, 0.2) is 42.6 Å². The van der Waals surface area contributed by atoms with Gasteiger partial charge in [0.15, 0.2) is 0 Å². The molecule has 10 heteroatoms. The summed E-state index contributed by atoms with van der Waals surface area (Å²) < 4.78 is 54.7. The standard InChI is InChI=1S/C28H30FNO7S/c1-17-9-21(35-7-4-8-38(3,33)34)10-18(2)28(17)22-11-19(5-6-24(22)29)15-37-26-13-25-23(14-30-26)20(16-36-25)12-27(31)32/h5-6,9-11,13-14,20H,4,7-8,12,15-16H2,1-3H3,(H,31,32). The van der Waals surface area contributed by atoms with E-state index in [2.05, 4.69) is 4.98 Å². The highest BCUT2D eigenvalue weighted by molar-refractivity contribution is 7.90. The number of rotatable bonds is 11. The van der Waals surface area contributed by atoms with Gasteiger partial charge in [-0.25, -0.2) is 17.8 Å². The van der Waals surface area contributed by atoms with E-state index in [1.54, 1.807) is 24.4 Å². The molecule has 1 aromatic heterocycles. The number of carboxylic acids is 1. The topological polar surface area (TPSA) is 112 Å². The molecule has 8 nitrogen and oxygen atoms in total. The van der Waals surface area contributed by atoms with Crippen LogP contribution in [0.1, 0.15) is 41.0 Å². The van der Waals surface area contributed by atoms with Crippen molar-refractivity contribution < 1.29 is 36.9 Å². The van der Waals surface area contributed by atoms with Crippen LogP contribution in [0, 0.1) is 19.7 Å². The predicted molar refractivity (Wildman–Crippen MR) is 140 cm³/mol. The number of ether oxygens (including phenoxy) is 3. The minimum atomic E-state index is -3.04. The molecule has 1 atom stereocenters. The van der Waals surface area contributed by atoms with Crippen LogP contribution >= 0.6 is 0 Å². The summed E-state index contributed by atoms with van der Waals surface area (Å²) in [5.41, 5.74) is 4.33. The van der Waals surface area contributed by atoms with Crippen LogP contribution < -0.4 is 14.2 Å². The predicted octanol–water partition coefficient (Wildman–Crippen LogP) is 4.85. The fourth-order valence-corrected chi connectivity index (χ4v) is 5.20. The molecule has 0 saturated heterocycles. The number of aromatic nitrogens is 1. The lowest BCUT2D eigenvalue weighted by atomic mass is 9.94. The maximum atomic E-state index is 14.9. The zero-order valence-electron chi connectivity index (χ0n) is 21.5. The summed E-state index contributed by atoms with van der Waals surface area (Å²) >= 11 is 0. The molecule has 3 aromatic rings. The van der Waals surface area contributed by atoms with Crippen LogP contribution in [-0.2, 0) is 21.2 Å². The molecule has 1 aliphatic heterocycles. The van der Waals surface area contributed by atoms with Crippen molar-refractivity contribution in [3.8, 4) is 28.5 Å². The largest absolute Gasteiger partial charge is 0.494 e.